The van der Waals surface area contributed by atoms with Gasteiger partial charge in [0.2, 0.25) is 0 Å². The van der Waals surface area contributed by atoms with E-state index in [-0.39, 0.29) is 23.8 Å². The third-order valence-corrected chi connectivity index (χ3v) is 1.90. The number of hydrogen-bond donors (Lipinski definition) is 0. The molecule has 1 atom stereocenters. The highest BCUT2D eigenvalue weighted by atomic mass is 32.1. The molecule has 0 aromatic carbocycles. The van der Waals surface area contributed by atoms with Crippen molar-refractivity contribution in [2.75, 3.05) is 7.11 Å². The summed E-state index contributed by atoms with van der Waals surface area (Å²) in [6.45, 7) is 5.99. The first-order valence-electron chi connectivity index (χ1n) is 4.05. The maximum atomic E-state index is 11.0. The van der Waals surface area contributed by atoms with Gasteiger partial charge in [-0.05, 0) is 17.6 Å². The first kappa shape index (κ1) is 12.3. The smallest absolute Gasteiger partial charge is 0.307 e. The fraction of sp³-hybridized carbons (Fsp3) is 0.778. The van der Waals surface area contributed by atoms with E-state index in [0.717, 1.165) is 0 Å². The first-order chi connectivity index (χ1) is 5.91. The lowest BCUT2D eigenvalue weighted by Gasteiger charge is -2.24. The summed E-state index contributed by atoms with van der Waals surface area (Å²) in [4.78, 5) is 14.9. The maximum absolute atomic E-state index is 11.0. The first-order valence-corrected chi connectivity index (χ1v) is 4.46. The third kappa shape index (κ3) is 4.76. The minimum Gasteiger partial charge on any atom is -0.469 e. The Kier molecular flexibility index (Phi) is 4.81. The predicted molar refractivity (Wildman–Crippen MR) is 54.9 cm³/mol. The monoisotopic (exact) mass is 201 g/mol. The van der Waals surface area contributed by atoms with Gasteiger partial charge in [-0.2, -0.15) is 0 Å². The van der Waals surface area contributed by atoms with Gasteiger partial charge in [0.15, 0.2) is 0 Å². The van der Waals surface area contributed by atoms with Gasteiger partial charge in [-0.15, -0.1) is 0 Å². The van der Waals surface area contributed by atoms with Crippen LogP contribution < -0.4 is 0 Å². The molecule has 0 rings (SSSR count). The SMILES string of the molecule is COC(=O)CC(N=C=S)C(C)(C)C. The molecule has 0 radical (unpaired) electrons. The number of aliphatic imine (C=N–C) groups is 1. The van der Waals surface area contributed by atoms with E-state index in [1.54, 1.807) is 0 Å². The highest BCUT2D eigenvalue weighted by Crippen LogP contribution is 2.24. The van der Waals surface area contributed by atoms with Crippen LogP contribution in [0.25, 0.3) is 0 Å². The van der Waals surface area contributed by atoms with Crippen molar-refractivity contribution in [1.82, 2.24) is 0 Å². The van der Waals surface area contributed by atoms with Crippen LogP contribution in [0.2, 0.25) is 0 Å². The number of thiocarbonyl (C=S) groups is 1. The van der Waals surface area contributed by atoms with Crippen molar-refractivity contribution in [1.29, 1.82) is 0 Å². The molecule has 0 bridgehead atoms. The van der Waals surface area contributed by atoms with E-state index in [9.17, 15) is 4.79 Å². The minimum absolute atomic E-state index is 0.0972. The Bertz CT molecular complexity index is 226. The molecule has 0 N–H and O–H groups in total. The number of rotatable bonds is 3. The van der Waals surface area contributed by atoms with Crippen LogP contribution in [0.5, 0.6) is 0 Å². The fourth-order valence-corrected chi connectivity index (χ4v) is 0.978. The summed E-state index contributed by atoms with van der Waals surface area (Å²) in [5.74, 6) is -0.270. The summed E-state index contributed by atoms with van der Waals surface area (Å²) >= 11 is 4.52. The Morgan fingerprint density at radius 1 is 1.62 bits per heavy atom. The van der Waals surface area contributed by atoms with E-state index >= 15 is 0 Å². The molecule has 13 heavy (non-hydrogen) atoms. The average Bonchev–Trinajstić information content (AvgIpc) is 2.01. The lowest BCUT2D eigenvalue weighted by atomic mass is 9.85. The van der Waals surface area contributed by atoms with Gasteiger partial charge in [0, 0.05) is 0 Å². The zero-order chi connectivity index (χ0) is 10.5. The number of isothiocyanates is 1. The molecule has 0 saturated carbocycles. The fourth-order valence-electron chi connectivity index (χ4n) is 0.850. The predicted octanol–water partition coefficient (Wildman–Crippen LogP) is 2.07. The van der Waals surface area contributed by atoms with Gasteiger partial charge >= 0.3 is 5.97 Å². The van der Waals surface area contributed by atoms with Crippen molar-refractivity contribution in [3.05, 3.63) is 0 Å². The molecule has 0 heterocycles. The molecular weight excluding hydrogens is 186 g/mol. The lowest BCUT2D eigenvalue weighted by molar-refractivity contribution is -0.141. The quantitative estimate of drug-likeness (QED) is 0.398. The Balaban J connectivity index is 4.45. The molecular formula is C9H15NO2S. The van der Waals surface area contributed by atoms with Crippen molar-refractivity contribution in [3.8, 4) is 0 Å². The van der Waals surface area contributed by atoms with Crippen molar-refractivity contribution in [2.45, 2.75) is 33.2 Å². The van der Waals surface area contributed by atoms with E-state index in [4.69, 9.17) is 0 Å². The normalized spacial score (nSPS) is 12.9. The van der Waals surface area contributed by atoms with Crippen LogP contribution >= 0.6 is 12.2 Å². The number of methoxy groups -OCH3 is 1. The van der Waals surface area contributed by atoms with Crippen molar-refractivity contribution < 1.29 is 9.53 Å². The Hall–Kier alpha value is -0.730. The van der Waals surface area contributed by atoms with Crippen LogP contribution in [0.1, 0.15) is 27.2 Å². The second kappa shape index (κ2) is 5.10. The van der Waals surface area contributed by atoms with E-state index in [1.165, 1.54) is 7.11 Å². The van der Waals surface area contributed by atoms with E-state index in [0.29, 0.717) is 0 Å². The molecule has 0 aliphatic rings. The summed E-state index contributed by atoms with van der Waals surface area (Å²) in [5, 5.41) is 2.30. The number of hydrogen-bond acceptors (Lipinski definition) is 4. The molecule has 4 heteroatoms. The molecule has 0 aromatic rings. The highest BCUT2D eigenvalue weighted by Gasteiger charge is 2.26. The third-order valence-electron chi connectivity index (χ3n) is 1.80. The van der Waals surface area contributed by atoms with Gasteiger partial charge in [0.05, 0.1) is 24.7 Å². The van der Waals surface area contributed by atoms with Gasteiger partial charge in [0.1, 0.15) is 0 Å². The van der Waals surface area contributed by atoms with Gasteiger partial charge < -0.3 is 4.74 Å². The number of nitrogens with zero attached hydrogens (tertiary/aromatic N) is 1. The Morgan fingerprint density at radius 3 is 2.46 bits per heavy atom. The number of ether oxygens (including phenoxy) is 1. The summed E-state index contributed by atoms with van der Waals surface area (Å²) in [5.41, 5.74) is -0.0972. The van der Waals surface area contributed by atoms with Crippen LogP contribution in [0.4, 0.5) is 0 Å². The summed E-state index contributed by atoms with van der Waals surface area (Å²) in [7, 11) is 1.36. The van der Waals surface area contributed by atoms with Gasteiger partial charge in [-0.1, -0.05) is 20.8 Å². The van der Waals surface area contributed by atoms with Crippen molar-refractivity contribution in [2.24, 2.45) is 10.4 Å². The number of esters is 1. The van der Waals surface area contributed by atoms with Gasteiger partial charge in [-0.25, -0.2) is 4.99 Å². The highest BCUT2D eigenvalue weighted by molar-refractivity contribution is 7.78. The average molecular weight is 201 g/mol. The molecule has 1 unspecified atom stereocenters. The maximum Gasteiger partial charge on any atom is 0.307 e. The van der Waals surface area contributed by atoms with Crippen LogP contribution in [0.3, 0.4) is 0 Å². The zero-order valence-electron chi connectivity index (χ0n) is 8.46. The molecule has 0 aliphatic carbocycles. The lowest BCUT2D eigenvalue weighted by Crippen LogP contribution is -2.27. The van der Waals surface area contributed by atoms with Gasteiger partial charge in [0.25, 0.3) is 0 Å². The summed E-state index contributed by atoms with van der Waals surface area (Å²) in [6, 6.07) is -0.155. The van der Waals surface area contributed by atoms with E-state index < -0.39 is 0 Å². The molecule has 0 saturated heterocycles. The van der Waals surface area contributed by atoms with Crippen molar-refractivity contribution in [3.63, 3.8) is 0 Å². The molecule has 0 aromatic heterocycles. The molecule has 74 valence electrons. The Labute approximate surface area is 84.2 Å². The largest absolute Gasteiger partial charge is 0.469 e. The van der Waals surface area contributed by atoms with E-state index in [2.05, 4.69) is 27.1 Å². The van der Waals surface area contributed by atoms with Crippen LogP contribution in [0, 0.1) is 5.41 Å². The van der Waals surface area contributed by atoms with Gasteiger partial charge in [-0.3, -0.25) is 4.79 Å². The second-order valence-corrected chi connectivity index (χ2v) is 4.07. The summed E-state index contributed by atoms with van der Waals surface area (Å²) in [6.07, 6.45) is 0.254. The topological polar surface area (TPSA) is 38.7 Å². The molecule has 0 fully saturated rings. The van der Waals surface area contributed by atoms with Crippen molar-refractivity contribution >= 4 is 23.3 Å². The molecule has 0 spiro atoms. The minimum atomic E-state index is -0.270. The van der Waals surface area contributed by atoms with E-state index in [1.807, 2.05) is 20.8 Å². The second-order valence-electron chi connectivity index (χ2n) is 3.88. The zero-order valence-corrected chi connectivity index (χ0v) is 9.27. The molecule has 0 aliphatic heterocycles. The molecule has 0 amide bonds. The number of carbonyl (C=O) groups is 1. The standard InChI is InChI=1S/C9H15NO2S/c1-9(2,3)7(10-6-13)5-8(11)12-4/h7H,5H2,1-4H3. The molecule has 3 nitrogen and oxygen atoms in total. The summed E-state index contributed by atoms with van der Waals surface area (Å²) < 4.78 is 4.56. The van der Waals surface area contributed by atoms with Crippen LogP contribution in [-0.4, -0.2) is 24.3 Å². The Morgan fingerprint density at radius 2 is 2.15 bits per heavy atom. The van der Waals surface area contributed by atoms with Crippen LogP contribution in [-0.2, 0) is 9.53 Å². The van der Waals surface area contributed by atoms with Crippen LogP contribution in [0.15, 0.2) is 4.99 Å². The number of carbonyl (C=O) groups excluding carboxylic acids is 1.